The summed E-state index contributed by atoms with van der Waals surface area (Å²) in [7, 11) is 1.69. The normalized spacial score (nSPS) is 11.4. The summed E-state index contributed by atoms with van der Waals surface area (Å²) in [6.07, 6.45) is 0.534. The smallest absolute Gasteiger partial charge is 0.130 e. The van der Waals surface area contributed by atoms with Gasteiger partial charge in [-0.05, 0) is 31.9 Å². The van der Waals surface area contributed by atoms with E-state index in [4.69, 9.17) is 4.74 Å². The van der Waals surface area contributed by atoms with E-state index in [1.54, 1.807) is 14.0 Å². The summed E-state index contributed by atoms with van der Waals surface area (Å²) in [5.74, 6) is 1.12. The number of rotatable bonds is 4. The van der Waals surface area contributed by atoms with Gasteiger partial charge in [-0.3, -0.25) is 4.79 Å². The molecule has 0 radical (unpaired) electrons. The van der Waals surface area contributed by atoms with Crippen molar-refractivity contribution in [2.45, 2.75) is 46.5 Å². The summed E-state index contributed by atoms with van der Waals surface area (Å²) in [6, 6.07) is 4.17. The quantitative estimate of drug-likeness (QED) is 0.796. The van der Waals surface area contributed by atoms with Crippen LogP contribution in [0.4, 0.5) is 0 Å². The first-order valence-electron chi connectivity index (χ1n) is 5.93. The lowest BCUT2D eigenvalue weighted by Crippen LogP contribution is -2.22. The Balaban J connectivity index is 3.31. The van der Waals surface area contributed by atoms with E-state index >= 15 is 0 Å². The number of benzene rings is 1. The van der Waals surface area contributed by atoms with Crippen LogP contribution in [0, 0.1) is 13.8 Å². The summed E-state index contributed by atoms with van der Waals surface area (Å²) >= 11 is 0. The van der Waals surface area contributed by atoms with Crippen molar-refractivity contribution in [2.75, 3.05) is 7.11 Å². The predicted molar refractivity (Wildman–Crippen MR) is 70.8 cm³/mol. The van der Waals surface area contributed by atoms with Crippen LogP contribution in [-0.4, -0.2) is 12.9 Å². The van der Waals surface area contributed by atoms with Crippen molar-refractivity contribution in [3.05, 3.63) is 28.8 Å². The molecule has 0 amide bonds. The summed E-state index contributed by atoms with van der Waals surface area (Å²) < 4.78 is 5.51. The first kappa shape index (κ1) is 13.8. The molecule has 0 aromatic heterocycles. The van der Waals surface area contributed by atoms with Crippen molar-refractivity contribution in [2.24, 2.45) is 0 Å². The number of Topliss-reactive ketones (excluding diaryl/α,β-unsaturated/α-hetero) is 1. The van der Waals surface area contributed by atoms with E-state index in [1.807, 2.05) is 0 Å². The number of aryl methyl sites for hydroxylation is 1. The molecule has 0 spiro atoms. The molecule has 0 saturated heterocycles. The molecule has 1 rings (SSSR count). The highest BCUT2D eigenvalue weighted by atomic mass is 16.5. The molecule has 0 heterocycles. The van der Waals surface area contributed by atoms with Crippen LogP contribution in [0.1, 0.15) is 43.9 Å². The molecule has 94 valence electrons. The molecule has 0 unspecified atom stereocenters. The SMILES string of the molecule is COc1c(C(C)(C)CC(C)=O)ccc(C)c1C. The highest BCUT2D eigenvalue weighted by Crippen LogP contribution is 2.37. The van der Waals surface area contributed by atoms with Crippen molar-refractivity contribution >= 4 is 5.78 Å². The molecule has 0 N–H and O–H groups in total. The molecular formula is C15H22O2. The monoisotopic (exact) mass is 234 g/mol. The van der Waals surface area contributed by atoms with Crippen LogP contribution < -0.4 is 4.74 Å². The zero-order valence-electron chi connectivity index (χ0n) is 11.7. The zero-order chi connectivity index (χ0) is 13.2. The number of carbonyl (C=O) groups is 1. The van der Waals surface area contributed by atoms with Gasteiger partial charge in [-0.2, -0.15) is 0 Å². The number of ether oxygens (including phenoxy) is 1. The minimum Gasteiger partial charge on any atom is -0.496 e. The fourth-order valence-corrected chi connectivity index (χ4v) is 2.30. The zero-order valence-corrected chi connectivity index (χ0v) is 11.7. The van der Waals surface area contributed by atoms with Crippen LogP contribution in [0.15, 0.2) is 12.1 Å². The second-order valence-electron chi connectivity index (χ2n) is 5.35. The average molecular weight is 234 g/mol. The van der Waals surface area contributed by atoms with Crippen LogP contribution in [0.2, 0.25) is 0 Å². The van der Waals surface area contributed by atoms with Crippen LogP contribution >= 0.6 is 0 Å². The maximum absolute atomic E-state index is 11.3. The second-order valence-corrected chi connectivity index (χ2v) is 5.35. The number of methoxy groups -OCH3 is 1. The number of ketones is 1. The minimum absolute atomic E-state index is 0.185. The van der Waals surface area contributed by atoms with Gasteiger partial charge in [0.15, 0.2) is 0 Å². The molecule has 0 aliphatic carbocycles. The lowest BCUT2D eigenvalue weighted by Gasteiger charge is -2.27. The van der Waals surface area contributed by atoms with Gasteiger partial charge < -0.3 is 4.74 Å². The van der Waals surface area contributed by atoms with E-state index in [0.717, 1.165) is 16.9 Å². The third-order valence-corrected chi connectivity index (χ3v) is 3.30. The van der Waals surface area contributed by atoms with Crippen molar-refractivity contribution in [3.63, 3.8) is 0 Å². The fraction of sp³-hybridized carbons (Fsp3) is 0.533. The maximum atomic E-state index is 11.3. The average Bonchev–Trinajstić information content (AvgIpc) is 2.19. The standard InChI is InChI=1S/C15H22O2/c1-10-7-8-13(14(17-6)12(10)3)15(4,5)9-11(2)16/h7-8H,9H2,1-6H3. The third kappa shape index (κ3) is 2.87. The Kier molecular flexibility index (Phi) is 3.97. The van der Waals surface area contributed by atoms with Crippen LogP contribution in [0.25, 0.3) is 0 Å². The van der Waals surface area contributed by atoms with Gasteiger partial charge in [-0.25, -0.2) is 0 Å². The van der Waals surface area contributed by atoms with E-state index in [2.05, 4.69) is 39.8 Å². The molecule has 0 bridgehead atoms. The Morgan fingerprint density at radius 3 is 2.35 bits per heavy atom. The van der Waals surface area contributed by atoms with Gasteiger partial charge in [0.2, 0.25) is 0 Å². The summed E-state index contributed by atoms with van der Waals surface area (Å²) in [4.78, 5) is 11.3. The van der Waals surface area contributed by atoms with E-state index in [9.17, 15) is 4.79 Å². The number of carbonyl (C=O) groups excluding carboxylic acids is 1. The molecule has 2 nitrogen and oxygen atoms in total. The molecule has 1 aromatic carbocycles. The van der Waals surface area contributed by atoms with Gasteiger partial charge >= 0.3 is 0 Å². The van der Waals surface area contributed by atoms with Crippen molar-refractivity contribution in [1.29, 1.82) is 0 Å². The Morgan fingerprint density at radius 2 is 1.88 bits per heavy atom. The van der Waals surface area contributed by atoms with Crippen molar-refractivity contribution in [1.82, 2.24) is 0 Å². The Hall–Kier alpha value is -1.31. The molecular weight excluding hydrogens is 212 g/mol. The first-order valence-corrected chi connectivity index (χ1v) is 5.93. The number of hydrogen-bond donors (Lipinski definition) is 0. The Bertz CT molecular complexity index is 431. The van der Waals surface area contributed by atoms with Crippen molar-refractivity contribution in [3.8, 4) is 5.75 Å². The Morgan fingerprint density at radius 1 is 1.29 bits per heavy atom. The molecule has 17 heavy (non-hydrogen) atoms. The largest absolute Gasteiger partial charge is 0.496 e. The Labute approximate surface area is 104 Å². The third-order valence-electron chi connectivity index (χ3n) is 3.30. The highest BCUT2D eigenvalue weighted by Gasteiger charge is 2.27. The molecule has 0 saturated carbocycles. The summed E-state index contributed by atoms with van der Waals surface area (Å²) in [6.45, 7) is 9.93. The summed E-state index contributed by atoms with van der Waals surface area (Å²) in [5.41, 5.74) is 3.29. The van der Waals surface area contributed by atoms with Crippen LogP contribution in [0.3, 0.4) is 0 Å². The van der Waals surface area contributed by atoms with E-state index < -0.39 is 0 Å². The van der Waals surface area contributed by atoms with E-state index in [-0.39, 0.29) is 11.2 Å². The molecule has 1 aromatic rings. The number of hydrogen-bond acceptors (Lipinski definition) is 2. The van der Waals surface area contributed by atoms with Gasteiger partial charge in [0.25, 0.3) is 0 Å². The summed E-state index contributed by atoms with van der Waals surface area (Å²) in [5, 5.41) is 0. The van der Waals surface area contributed by atoms with Crippen LogP contribution in [-0.2, 0) is 10.2 Å². The topological polar surface area (TPSA) is 26.3 Å². The predicted octanol–water partition coefficient (Wildman–Crippen LogP) is 3.57. The van der Waals surface area contributed by atoms with Crippen molar-refractivity contribution < 1.29 is 9.53 Å². The molecule has 0 aliphatic heterocycles. The molecule has 0 atom stereocenters. The maximum Gasteiger partial charge on any atom is 0.130 e. The highest BCUT2D eigenvalue weighted by molar-refractivity contribution is 5.77. The second kappa shape index (κ2) is 4.91. The van der Waals surface area contributed by atoms with Gasteiger partial charge in [0.1, 0.15) is 11.5 Å². The lowest BCUT2D eigenvalue weighted by molar-refractivity contribution is -0.118. The minimum atomic E-state index is -0.185. The van der Waals surface area contributed by atoms with Gasteiger partial charge in [0, 0.05) is 17.4 Å². The van der Waals surface area contributed by atoms with Gasteiger partial charge in [-0.15, -0.1) is 0 Å². The van der Waals surface area contributed by atoms with E-state index in [1.165, 1.54) is 5.56 Å². The van der Waals surface area contributed by atoms with E-state index in [0.29, 0.717) is 6.42 Å². The van der Waals surface area contributed by atoms with Gasteiger partial charge in [0.05, 0.1) is 7.11 Å². The fourth-order valence-electron chi connectivity index (χ4n) is 2.30. The first-order chi connectivity index (χ1) is 7.79. The molecule has 2 heteroatoms. The molecule has 0 fully saturated rings. The van der Waals surface area contributed by atoms with Crippen LogP contribution in [0.5, 0.6) is 5.75 Å². The van der Waals surface area contributed by atoms with Gasteiger partial charge in [-0.1, -0.05) is 26.0 Å². The molecule has 0 aliphatic rings. The lowest BCUT2D eigenvalue weighted by atomic mass is 9.78.